The van der Waals surface area contributed by atoms with Crippen molar-refractivity contribution in [3.63, 3.8) is 0 Å². The first kappa shape index (κ1) is 15.1. The summed E-state index contributed by atoms with van der Waals surface area (Å²) in [6, 6.07) is 12.9. The highest BCUT2D eigenvalue weighted by Crippen LogP contribution is 2.36. The molecule has 1 N–H and O–H groups in total. The van der Waals surface area contributed by atoms with E-state index in [0.29, 0.717) is 22.5 Å². The molecule has 2 aromatic carbocycles. The van der Waals surface area contributed by atoms with Crippen molar-refractivity contribution in [1.29, 1.82) is 0 Å². The number of nitrogens with one attached hydrogen (secondary N) is 1. The molecule has 0 atom stereocenters. The number of fused-ring (bicyclic) bond motifs is 3. The first-order valence-corrected chi connectivity index (χ1v) is 7.77. The number of hydrogen-bond donors (Lipinski definition) is 1. The van der Waals surface area contributed by atoms with Crippen molar-refractivity contribution >= 4 is 22.8 Å². The molecular weight excluding hydrogens is 318 g/mol. The van der Waals surface area contributed by atoms with Crippen LogP contribution in [0.15, 0.2) is 47.3 Å². The third-order valence-electron chi connectivity index (χ3n) is 4.41. The molecule has 0 saturated heterocycles. The predicted molar refractivity (Wildman–Crippen MR) is 95.4 cm³/mol. The zero-order valence-corrected chi connectivity index (χ0v) is 13.7. The summed E-state index contributed by atoms with van der Waals surface area (Å²) in [6.45, 7) is 1.96. The van der Waals surface area contributed by atoms with E-state index in [9.17, 15) is 9.59 Å². The van der Waals surface area contributed by atoms with E-state index >= 15 is 0 Å². The molecule has 4 aromatic rings. The molecule has 0 aliphatic carbocycles. The number of pyridine rings is 1. The Hall–Kier alpha value is -3.41. The maximum Gasteiger partial charge on any atom is 0.348 e. The maximum atomic E-state index is 12.2. The lowest BCUT2D eigenvalue weighted by molar-refractivity contribution is 0.112. The van der Waals surface area contributed by atoms with Gasteiger partial charge < -0.3 is 4.74 Å². The van der Waals surface area contributed by atoms with Gasteiger partial charge in [0.2, 0.25) is 0 Å². The first-order valence-electron chi connectivity index (χ1n) is 7.77. The molecule has 124 valence electrons. The molecule has 4 rings (SSSR count). The van der Waals surface area contributed by atoms with Gasteiger partial charge in [0.1, 0.15) is 5.75 Å². The molecule has 0 spiro atoms. The fraction of sp³-hybridized carbons (Fsp3) is 0.105. The molecule has 0 aliphatic rings. The highest BCUT2D eigenvalue weighted by atomic mass is 16.5. The van der Waals surface area contributed by atoms with Gasteiger partial charge in [0.05, 0.1) is 12.6 Å². The van der Waals surface area contributed by atoms with Gasteiger partial charge >= 0.3 is 5.69 Å². The van der Waals surface area contributed by atoms with Crippen molar-refractivity contribution in [1.82, 2.24) is 14.6 Å². The predicted octanol–water partition coefficient (Wildman–Crippen LogP) is 2.97. The first-order chi connectivity index (χ1) is 12.1. The topological polar surface area (TPSA) is 76.5 Å². The quantitative estimate of drug-likeness (QED) is 0.585. The van der Waals surface area contributed by atoms with Crippen LogP contribution in [0.5, 0.6) is 5.75 Å². The van der Waals surface area contributed by atoms with Crippen LogP contribution in [0.1, 0.15) is 15.9 Å². The van der Waals surface area contributed by atoms with Crippen LogP contribution in [-0.4, -0.2) is 28.0 Å². The monoisotopic (exact) mass is 333 g/mol. The zero-order valence-electron chi connectivity index (χ0n) is 13.7. The standard InChI is InChI=1S/C19H15N3O3/c1-11-7-18-20-21-19(24)22(18)16-8-15(17(25-2)9-14(11)16)13-6-4-3-5-12(13)10-23/h3-10H,1-2H3,(H,21,24). The Balaban J connectivity index is 2.18. The lowest BCUT2D eigenvalue weighted by atomic mass is 9.97. The van der Waals surface area contributed by atoms with Crippen molar-refractivity contribution in [3.8, 4) is 16.9 Å². The van der Waals surface area contributed by atoms with Crippen LogP contribution in [0, 0.1) is 6.92 Å². The van der Waals surface area contributed by atoms with E-state index in [1.54, 1.807) is 13.2 Å². The smallest absolute Gasteiger partial charge is 0.348 e. The number of aldehydes is 1. The molecule has 2 heterocycles. The second-order valence-electron chi connectivity index (χ2n) is 5.82. The van der Waals surface area contributed by atoms with E-state index in [0.717, 1.165) is 28.4 Å². The summed E-state index contributed by atoms with van der Waals surface area (Å²) in [7, 11) is 1.59. The van der Waals surface area contributed by atoms with Crippen LogP contribution in [0.3, 0.4) is 0 Å². The van der Waals surface area contributed by atoms with Crippen molar-refractivity contribution in [2.75, 3.05) is 7.11 Å². The van der Waals surface area contributed by atoms with Gasteiger partial charge in [-0.1, -0.05) is 24.3 Å². The van der Waals surface area contributed by atoms with Crippen LogP contribution >= 0.6 is 0 Å². The third kappa shape index (κ3) is 2.22. The lowest BCUT2D eigenvalue weighted by Crippen LogP contribution is -2.10. The van der Waals surface area contributed by atoms with Crippen LogP contribution in [0.25, 0.3) is 27.7 Å². The van der Waals surface area contributed by atoms with E-state index in [4.69, 9.17) is 4.74 Å². The minimum absolute atomic E-state index is 0.306. The van der Waals surface area contributed by atoms with Crippen molar-refractivity contribution in [2.24, 2.45) is 0 Å². The van der Waals surface area contributed by atoms with Gasteiger partial charge in [0, 0.05) is 16.5 Å². The van der Waals surface area contributed by atoms with Gasteiger partial charge in [-0.15, -0.1) is 0 Å². The number of methoxy groups -OCH3 is 1. The van der Waals surface area contributed by atoms with Gasteiger partial charge in [-0.05, 0) is 36.2 Å². The number of H-pyrrole nitrogens is 1. The zero-order chi connectivity index (χ0) is 17.6. The van der Waals surface area contributed by atoms with E-state index < -0.39 is 0 Å². The molecule has 0 fully saturated rings. The lowest BCUT2D eigenvalue weighted by Gasteiger charge is -2.14. The SMILES string of the molecule is COc1cc2c(C)cc3n[nH]c(=O)n3c2cc1-c1ccccc1C=O. The fourth-order valence-corrected chi connectivity index (χ4v) is 3.20. The summed E-state index contributed by atoms with van der Waals surface area (Å²) in [5.74, 6) is 0.640. The van der Waals surface area contributed by atoms with E-state index in [1.807, 2.05) is 43.3 Å². The van der Waals surface area contributed by atoms with Gasteiger partial charge in [-0.3, -0.25) is 4.79 Å². The highest BCUT2D eigenvalue weighted by Gasteiger charge is 2.15. The van der Waals surface area contributed by atoms with Crippen LogP contribution in [0.2, 0.25) is 0 Å². The minimum Gasteiger partial charge on any atom is -0.496 e. The molecule has 6 heteroatoms. The number of aromatic amines is 1. The number of benzene rings is 2. The normalized spacial score (nSPS) is 11.1. The Bertz CT molecular complexity index is 1190. The van der Waals surface area contributed by atoms with Gasteiger partial charge in [0.15, 0.2) is 11.9 Å². The second kappa shape index (κ2) is 5.59. The van der Waals surface area contributed by atoms with Crippen molar-refractivity contribution in [3.05, 3.63) is 64.1 Å². The second-order valence-corrected chi connectivity index (χ2v) is 5.82. The molecule has 2 aromatic heterocycles. The Morgan fingerprint density at radius 2 is 1.96 bits per heavy atom. The number of carbonyl (C=O) groups excluding carboxylic acids is 1. The average molecular weight is 333 g/mol. The van der Waals surface area contributed by atoms with Crippen LogP contribution in [0.4, 0.5) is 0 Å². The van der Waals surface area contributed by atoms with Crippen LogP contribution in [-0.2, 0) is 0 Å². The Kier molecular flexibility index (Phi) is 3.39. The summed E-state index contributed by atoms with van der Waals surface area (Å²) in [5.41, 5.74) is 4.00. The van der Waals surface area contributed by atoms with E-state index in [1.165, 1.54) is 4.40 Å². The number of nitrogens with zero attached hydrogens (tertiary/aromatic N) is 2. The molecule has 0 amide bonds. The molecule has 6 nitrogen and oxygen atoms in total. The van der Waals surface area contributed by atoms with Crippen LogP contribution < -0.4 is 10.4 Å². The number of aryl methyl sites for hydroxylation is 1. The molecule has 0 unspecified atom stereocenters. The number of aromatic nitrogens is 3. The summed E-state index contributed by atoms with van der Waals surface area (Å²) >= 11 is 0. The largest absolute Gasteiger partial charge is 0.496 e. The van der Waals surface area contributed by atoms with Crippen molar-refractivity contribution in [2.45, 2.75) is 6.92 Å². The Morgan fingerprint density at radius 3 is 2.72 bits per heavy atom. The Labute approximate surface area is 142 Å². The van der Waals surface area contributed by atoms with E-state index in [2.05, 4.69) is 10.2 Å². The van der Waals surface area contributed by atoms with Gasteiger partial charge in [-0.25, -0.2) is 14.3 Å². The maximum absolute atomic E-state index is 12.2. The summed E-state index contributed by atoms with van der Waals surface area (Å²) < 4.78 is 7.08. The summed E-state index contributed by atoms with van der Waals surface area (Å²) in [6.07, 6.45) is 0.814. The average Bonchev–Trinajstić information content (AvgIpc) is 3.01. The molecule has 25 heavy (non-hydrogen) atoms. The fourth-order valence-electron chi connectivity index (χ4n) is 3.20. The van der Waals surface area contributed by atoms with Crippen molar-refractivity contribution < 1.29 is 9.53 Å². The van der Waals surface area contributed by atoms with Gasteiger partial charge in [0.25, 0.3) is 0 Å². The number of hydrogen-bond acceptors (Lipinski definition) is 4. The molecule has 0 bridgehead atoms. The highest BCUT2D eigenvalue weighted by molar-refractivity contribution is 5.96. The van der Waals surface area contributed by atoms with Gasteiger partial charge in [-0.2, -0.15) is 5.10 Å². The minimum atomic E-state index is -0.306. The molecule has 0 aliphatic heterocycles. The third-order valence-corrected chi connectivity index (χ3v) is 4.41. The summed E-state index contributed by atoms with van der Waals surface area (Å²) in [4.78, 5) is 23.6. The molecular formula is C19H15N3O3. The number of carbonyl (C=O) groups is 1. The molecule has 0 saturated carbocycles. The van der Waals surface area contributed by atoms with E-state index in [-0.39, 0.29) is 5.69 Å². The molecule has 0 radical (unpaired) electrons. The number of ether oxygens (including phenoxy) is 1. The summed E-state index contributed by atoms with van der Waals surface area (Å²) in [5, 5.41) is 7.41. The number of rotatable bonds is 3. The Morgan fingerprint density at radius 1 is 1.16 bits per heavy atom.